The maximum atomic E-state index is 11.3. The minimum Gasteiger partial charge on any atom is -0.478 e. The monoisotopic (exact) mass is 373 g/mol. The number of hydrogen-bond donors (Lipinski definition) is 2. The number of carbonyl (C=O) groups is 1. The minimum absolute atomic E-state index is 0.161. The lowest BCUT2D eigenvalue weighted by Gasteiger charge is -2.39. The highest BCUT2D eigenvalue weighted by molar-refractivity contribution is 7.16. The van der Waals surface area contributed by atoms with Crippen LogP contribution in [0.1, 0.15) is 79.5 Å². The third-order valence-corrected chi connectivity index (χ3v) is 7.04. The Balaban J connectivity index is 2.02. The summed E-state index contributed by atoms with van der Waals surface area (Å²) >= 11 is 1.78. The first-order chi connectivity index (χ1) is 12.1. The number of rotatable bonds is 4. The molecule has 140 valence electrons. The fourth-order valence-electron chi connectivity index (χ4n) is 3.81. The van der Waals surface area contributed by atoms with Gasteiger partial charge in [-0.25, -0.2) is 14.8 Å². The van der Waals surface area contributed by atoms with Crippen LogP contribution in [0.2, 0.25) is 0 Å². The maximum absolute atomic E-state index is 11.3. The average Bonchev–Trinajstić information content (AvgIpc) is 2.90. The van der Waals surface area contributed by atoms with Gasteiger partial charge in [0, 0.05) is 11.1 Å². The van der Waals surface area contributed by atoms with Crippen molar-refractivity contribution in [3.8, 4) is 0 Å². The Morgan fingerprint density at radius 3 is 2.50 bits per heavy atom. The Morgan fingerprint density at radius 1 is 1.27 bits per heavy atom. The van der Waals surface area contributed by atoms with Crippen LogP contribution in [0, 0.1) is 6.92 Å². The quantitative estimate of drug-likeness (QED) is 0.770. The van der Waals surface area contributed by atoms with Crippen LogP contribution in [0.5, 0.6) is 0 Å². The fraction of sp³-hybridized carbons (Fsp3) is 0.550. The molecule has 0 atom stereocenters. The van der Waals surface area contributed by atoms with Gasteiger partial charge in [0.15, 0.2) is 0 Å². The van der Waals surface area contributed by atoms with E-state index in [0.717, 1.165) is 5.00 Å². The second-order valence-electron chi connectivity index (χ2n) is 8.37. The number of aromatic carboxylic acids is 1. The number of thiophene rings is 1. The number of carboxylic acid groups (broad SMARTS) is 1. The van der Waals surface area contributed by atoms with Crippen molar-refractivity contribution in [1.29, 1.82) is 0 Å². The maximum Gasteiger partial charge on any atom is 0.339 e. The van der Waals surface area contributed by atoms with Crippen LogP contribution in [0.25, 0.3) is 0 Å². The molecule has 0 saturated carbocycles. The lowest BCUT2D eigenvalue weighted by Crippen LogP contribution is -2.32. The Morgan fingerprint density at radius 2 is 1.92 bits per heavy atom. The summed E-state index contributed by atoms with van der Waals surface area (Å²) in [6, 6.07) is 0. The van der Waals surface area contributed by atoms with Gasteiger partial charge in [-0.3, -0.25) is 0 Å². The van der Waals surface area contributed by atoms with Gasteiger partial charge in [-0.2, -0.15) is 0 Å². The molecule has 5 nitrogen and oxygen atoms in total. The highest BCUT2D eigenvalue weighted by atomic mass is 32.1. The molecule has 26 heavy (non-hydrogen) atoms. The van der Waals surface area contributed by atoms with Crippen molar-refractivity contribution in [2.24, 2.45) is 0 Å². The number of nitrogens with one attached hydrogen (secondary N) is 1. The summed E-state index contributed by atoms with van der Waals surface area (Å²) < 4.78 is 0. The predicted molar refractivity (Wildman–Crippen MR) is 106 cm³/mol. The molecule has 0 bridgehead atoms. The van der Waals surface area contributed by atoms with Crippen LogP contribution in [0.4, 0.5) is 10.9 Å². The number of fused-ring (bicyclic) bond motifs is 1. The van der Waals surface area contributed by atoms with Gasteiger partial charge in [-0.05, 0) is 48.1 Å². The number of carboxylic acids is 1. The van der Waals surface area contributed by atoms with Crippen molar-refractivity contribution in [3.05, 3.63) is 33.5 Å². The minimum atomic E-state index is -0.986. The lowest BCUT2D eigenvalue weighted by molar-refractivity contribution is 0.0694. The average molecular weight is 374 g/mol. The van der Waals surface area contributed by atoms with E-state index in [0.29, 0.717) is 18.1 Å². The summed E-state index contributed by atoms with van der Waals surface area (Å²) in [6.07, 6.45) is 4.30. The normalized spacial score (nSPS) is 17.6. The van der Waals surface area contributed by atoms with Crippen LogP contribution < -0.4 is 5.32 Å². The SMILES string of the molecule is CCc1nc(Nc2sc3c(c2C)C(C)(C)CCC3(C)C)ncc1C(=O)O. The zero-order chi connectivity index (χ0) is 19.3. The summed E-state index contributed by atoms with van der Waals surface area (Å²) in [4.78, 5) is 21.4. The van der Waals surface area contributed by atoms with Crippen molar-refractivity contribution in [1.82, 2.24) is 9.97 Å². The molecule has 0 unspecified atom stereocenters. The van der Waals surface area contributed by atoms with Crippen LogP contribution in [-0.4, -0.2) is 21.0 Å². The van der Waals surface area contributed by atoms with Gasteiger partial charge in [-0.1, -0.05) is 34.6 Å². The van der Waals surface area contributed by atoms with E-state index in [4.69, 9.17) is 0 Å². The topological polar surface area (TPSA) is 75.1 Å². The molecule has 0 radical (unpaired) electrons. The molecule has 0 spiro atoms. The predicted octanol–water partition coefficient (Wildman–Crippen LogP) is 5.20. The van der Waals surface area contributed by atoms with Gasteiger partial charge in [0.2, 0.25) is 5.95 Å². The van der Waals surface area contributed by atoms with Crippen molar-refractivity contribution >= 4 is 28.3 Å². The molecule has 2 aromatic rings. The first-order valence-electron chi connectivity index (χ1n) is 9.07. The molecule has 0 aromatic carbocycles. The van der Waals surface area contributed by atoms with Gasteiger partial charge in [-0.15, -0.1) is 11.3 Å². The summed E-state index contributed by atoms with van der Waals surface area (Å²) in [5.41, 5.74) is 3.75. The molecule has 0 aliphatic heterocycles. The van der Waals surface area contributed by atoms with E-state index in [-0.39, 0.29) is 16.4 Å². The van der Waals surface area contributed by atoms with Crippen molar-refractivity contribution in [3.63, 3.8) is 0 Å². The summed E-state index contributed by atoms with van der Waals surface area (Å²) in [5, 5.41) is 13.7. The third-order valence-electron chi connectivity index (χ3n) is 5.47. The highest BCUT2D eigenvalue weighted by Gasteiger charge is 2.40. The van der Waals surface area contributed by atoms with E-state index in [2.05, 4.69) is 49.9 Å². The van der Waals surface area contributed by atoms with E-state index in [1.54, 1.807) is 11.3 Å². The van der Waals surface area contributed by atoms with Crippen LogP contribution in [-0.2, 0) is 17.3 Å². The zero-order valence-corrected chi connectivity index (χ0v) is 17.2. The molecule has 2 heterocycles. The van der Waals surface area contributed by atoms with E-state index >= 15 is 0 Å². The highest BCUT2D eigenvalue weighted by Crippen LogP contribution is 2.53. The molecular weight excluding hydrogens is 346 g/mol. The van der Waals surface area contributed by atoms with Gasteiger partial charge < -0.3 is 10.4 Å². The Hall–Kier alpha value is -1.95. The standard InChI is InChI=1S/C20H27N3O2S/c1-7-13-12(17(24)25)10-21-18(22-13)23-16-11(2)14-15(26-16)20(5,6)9-8-19(14,3)4/h10H,7-9H2,1-6H3,(H,24,25)(H,21,22,23). The van der Waals surface area contributed by atoms with E-state index in [1.807, 2.05) is 6.92 Å². The molecule has 2 N–H and O–H groups in total. The first-order valence-corrected chi connectivity index (χ1v) is 9.89. The number of anilines is 2. The number of hydrogen-bond acceptors (Lipinski definition) is 5. The van der Waals surface area contributed by atoms with Gasteiger partial charge >= 0.3 is 5.97 Å². The van der Waals surface area contributed by atoms with Crippen LogP contribution >= 0.6 is 11.3 Å². The van der Waals surface area contributed by atoms with Gasteiger partial charge in [0.05, 0.1) is 16.3 Å². The summed E-state index contributed by atoms with van der Waals surface area (Å²) in [5.74, 6) is -0.524. The van der Waals surface area contributed by atoms with Crippen molar-refractivity contribution < 1.29 is 9.90 Å². The number of aromatic nitrogens is 2. The largest absolute Gasteiger partial charge is 0.478 e. The Labute approximate surface area is 158 Å². The van der Waals surface area contributed by atoms with Crippen molar-refractivity contribution in [2.75, 3.05) is 5.32 Å². The van der Waals surface area contributed by atoms with E-state index in [9.17, 15) is 9.90 Å². The summed E-state index contributed by atoms with van der Waals surface area (Å²) in [6.45, 7) is 13.3. The number of aryl methyl sites for hydroxylation is 1. The second kappa shape index (κ2) is 6.34. The van der Waals surface area contributed by atoms with Crippen LogP contribution in [0.15, 0.2) is 6.20 Å². The Kier molecular flexibility index (Phi) is 4.59. The zero-order valence-electron chi connectivity index (χ0n) is 16.4. The molecule has 0 fully saturated rings. The first kappa shape index (κ1) is 18.8. The third kappa shape index (κ3) is 3.11. The molecule has 2 aromatic heterocycles. The van der Waals surface area contributed by atoms with E-state index in [1.165, 1.54) is 35.0 Å². The smallest absolute Gasteiger partial charge is 0.339 e. The molecule has 1 aliphatic rings. The molecule has 0 amide bonds. The molecule has 3 rings (SSSR count). The van der Waals surface area contributed by atoms with Crippen LogP contribution in [0.3, 0.4) is 0 Å². The molecular formula is C20H27N3O2S. The van der Waals surface area contributed by atoms with Crippen molar-refractivity contribution in [2.45, 2.75) is 71.6 Å². The fourth-order valence-corrected chi connectivity index (χ4v) is 5.33. The van der Waals surface area contributed by atoms with E-state index < -0.39 is 5.97 Å². The van der Waals surface area contributed by atoms with Gasteiger partial charge in [0.1, 0.15) is 0 Å². The second-order valence-corrected chi connectivity index (χ2v) is 9.39. The summed E-state index contributed by atoms with van der Waals surface area (Å²) in [7, 11) is 0. The number of nitrogens with zero attached hydrogens (tertiary/aromatic N) is 2. The molecule has 0 saturated heterocycles. The molecule has 1 aliphatic carbocycles. The van der Waals surface area contributed by atoms with Gasteiger partial charge in [0.25, 0.3) is 0 Å². The molecule has 6 heteroatoms. The lowest BCUT2D eigenvalue weighted by atomic mass is 9.66. The Bertz CT molecular complexity index is 868.